The van der Waals surface area contributed by atoms with Crippen molar-refractivity contribution in [1.82, 2.24) is 15.0 Å². The van der Waals surface area contributed by atoms with Gasteiger partial charge in [0.1, 0.15) is 5.82 Å². The minimum atomic E-state index is 0.720. The molecule has 0 unspecified atom stereocenters. The maximum absolute atomic E-state index is 5.83. The topological polar surface area (TPSA) is 41.6 Å². The summed E-state index contributed by atoms with van der Waals surface area (Å²) in [6, 6.07) is 11.4. The molecule has 3 aromatic rings. The Balaban J connectivity index is 2.15. The molecule has 3 nitrogen and oxygen atoms in total. The third-order valence-electron chi connectivity index (χ3n) is 2.38. The summed E-state index contributed by atoms with van der Waals surface area (Å²) in [6.07, 6.45) is 1.73. The number of hydrogen-bond acceptors (Lipinski definition) is 2. The van der Waals surface area contributed by atoms with Crippen LogP contribution in [0.2, 0.25) is 5.02 Å². The molecule has 16 heavy (non-hydrogen) atoms. The van der Waals surface area contributed by atoms with E-state index in [0.29, 0.717) is 0 Å². The molecule has 0 bridgehead atoms. The van der Waals surface area contributed by atoms with E-state index >= 15 is 0 Å². The summed E-state index contributed by atoms with van der Waals surface area (Å²) < 4.78 is 0. The average Bonchev–Trinajstić information content (AvgIpc) is 2.73. The van der Waals surface area contributed by atoms with E-state index in [4.69, 9.17) is 11.6 Å². The number of imidazole rings is 1. The van der Waals surface area contributed by atoms with Crippen molar-refractivity contribution in [3.63, 3.8) is 0 Å². The van der Waals surface area contributed by atoms with Crippen LogP contribution in [0.1, 0.15) is 0 Å². The van der Waals surface area contributed by atoms with E-state index in [0.717, 1.165) is 27.6 Å². The molecule has 0 aliphatic carbocycles. The van der Waals surface area contributed by atoms with Gasteiger partial charge in [0.25, 0.3) is 0 Å². The molecule has 0 spiro atoms. The Kier molecular flexibility index (Phi) is 2.11. The van der Waals surface area contributed by atoms with Gasteiger partial charge in [0.05, 0.1) is 5.52 Å². The molecule has 1 aromatic carbocycles. The molecule has 0 radical (unpaired) electrons. The van der Waals surface area contributed by atoms with Crippen molar-refractivity contribution in [2.24, 2.45) is 0 Å². The van der Waals surface area contributed by atoms with Crippen LogP contribution in [-0.2, 0) is 0 Å². The lowest BCUT2D eigenvalue weighted by atomic mass is 10.2. The molecular formula is C12H8ClN3. The molecule has 2 aromatic heterocycles. The smallest absolute Gasteiger partial charge is 0.178 e. The number of H-pyrrole nitrogens is 1. The van der Waals surface area contributed by atoms with Gasteiger partial charge in [-0.15, -0.1) is 0 Å². The van der Waals surface area contributed by atoms with Crippen molar-refractivity contribution in [3.8, 4) is 11.4 Å². The van der Waals surface area contributed by atoms with E-state index in [9.17, 15) is 0 Å². The van der Waals surface area contributed by atoms with Gasteiger partial charge < -0.3 is 4.98 Å². The first-order chi connectivity index (χ1) is 7.83. The first-order valence-corrected chi connectivity index (χ1v) is 5.27. The Hall–Kier alpha value is -1.87. The molecule has 0 saturated heterocycles. The molecule has 0 aliphatic heterocycles. The largest absolute Gasteiger partial charge is 0.337 e. The van der Waals surface area contributed by atoms with Gasteiger partial charge in [-0.25, -0.2) is 9.97 Å². The number of aromatic amines is 1. The molecule has 0 aliphatic rings. The summed E-state index contributed by atoms with van der Waals surface area (Å²) in [7, 11) is 0. The van der Waals surface area contributed by atoms with Crippen molar-refractivity contribution >= 4 is 22.8 Å². The molecule has 0 fully saturated rings. The van der Waals surface area contributed by atoms with Crippen LogP contribution in [-0.4, -0.2) is 15.0 Å². The number of nitrogens with zero attached hydrogens (tertiary/aromatic N) is 2. The van der Waals surface area contributed by atoms with Crippen molar-refractivity contribution in [2.75, 3.05) is 0 Å². The summed E-state index contributed by atoms with van der Waals surface area (Å²) in [5.41, 5.74) is 2.67. The highest BCUT2D eigenvalue weighted by Crippen LogP contribution is 2.20. The molecule has 0 saturated carbocycles. The summed E-state index contributed by atoms with van der Waals surface area (Å²) in [4.78, 5) is 11.8. The number of rotatable bonds is 1. The lowest BCUT2D eigenvalue weighted by Crippen LogP contribution is -1.79. The highest BCUT2D eigenvalue weighted by atomic mass is 35.5. The molecule has 0 atom stereocenters. The average molecular weight is 230 g/mol. The number of aromatic nitrogens is 3. The number of pyridine rings is 1. The molecule has 4 heteroatoms. The lowest BCUT2D eigenvalue weighted by molar-refractivity contribution is 1.30. The number of hydrogen-bond donors (Lipinski definition) is 1. The summed E-state index contributed by atoms with van der Waals surface area (Å²) in [5.74, 6) is 0.811. The van der Waals surface area contributed by atoms with Gasteiger partial charge in [-0.05, 0) is 36.4 Å². The summed E-state index contributed by atoms with van der Waals surface area (Å²) in [6.45, 7) is 0. The van der Waals surface area contributed by atoms with E-state index in [1.807, 2.05) is 36.4 Å². The van der Waals surface area contributed by atoms with Crippen LogP contribution in [0.3, 0.4) is 0 Å². The second-order valence-corrected chi connectivity index (χ2v) is 3.90. The second kappa shape index (κ2) is 3.61. The van der Waals surface area contributed by atoms with Crippen molar-refractivity contribution in [3.05, 3.63) is 47.6 Å². The van der Waals surface area contributed by atoms with Gasteiger partial charge in [0.2, 0.25) is 0 Å². The van der Waals surface area contributed by atoms with E-state index < -0.39 is 0 Å². The fourth-order valence-corrected chi connectivity index (χ4v) is 1.72. The highest BCUT2D eigenvalue weighted by molar-refractivity contribution is 6.30. The Morgan fingerprint density at radius 3 is 2.62 bits per heavy atom. The van der Waals surface area contributed by atoms with Gasteiger partial charge in [-0.1, -0.05) is 11.6 Å². The molecule has 78 valence electrons. The zero-order valence-electron chi connectivity index (χ0n) is 8.31. The predicted molar refractivity (Wildman–Crippen MR) is 64.3 cm³/mol. The van der Waals surface area contributed by atoms with Crippen LogP contribution >= 0.6 is 11.6 Å². The Morgan fingerprint density at radius 1 is 1.06 bits per heavy atom. The molecule has 0 amide bonds. The van der Waals surface area contributed by atoms with Crippen LogP contribution in [0.15, 0.2) is 42.6 Å². The van der Waals surface area contributed by atoms with Crippen LogP contribution in [0.5, 0.6) is 0 Å². The molecule has 3 rings (SSSR count). The Labute approximate surface area is 97.1 Å². The lowest BCUT2D eigenvalue weighted by Gasteiger charge is -1.95. The predicted octanol–water partition coefficient (Wildman–Crippen LogP) is 3.28. The zero-order valence-corrected chi connectivity index (χ0v) is 9.07. The fraction of sp³-hybridized carbons (Fsp3) is 0. The van der Waals surface area contributed by atoms with Crippen LogP contribution in [0.4, 0.5) is 0 Å². The van der Waals surface area contributed by atoms with Crippen molar-refractivity contribution in [1.29, 1.82) is 0 Å². The van der Waals surface area contributed by atoms with Gasteiger partial charge in [-0.3, -0.25) is 0 Å². The molecule has 2 heterocycles. The minimum Gasteiger partial charge on any atom is -0.337 e. The number of benzene rings is 1. The first kappa shape index (κ1) is 9.36. The van der Waals surface area contributed by atoms with Crippen molar-refractivity contribution < 1.29 is 0 Å². The van der Waals surface area contributed by atoms with E-state index in [1.54, 1.807) is 6.20 Å². The Bertz CT molecular complexity index is 595. The number of halogens is 1. The van der Waals surface area contributed by atoms with E-state index in [-0.39, 0.29) is 0 Å². The van der Waals surface area contributed by atoms with Gasteiger partial charge in [0.15, 0.2) is 5.65 Å². The van der Waals surface area contributed by atoms with Crippen LogP contribution < -0.4 is 0 Å². The fourth-order valence-electron chi connectivity index (χ4n) is 1.59. The summed E-state index contributed by atoms with van der Waals surface area (Å²) >= 11 is 5.83. The quantitative estimate of drug-likeness (QED) is 0.696. The van der Waals surface area contributed by atoms with Crippen LogP contribution in [0.25, 0.3) is 22.6 Å². The zero-order chi connectivity index (χ0) is 11.0. The number of nitrogens with one attached hydrogen (secondary N) is 1. The van der Waals surface area contributed by atoms with Gasteiger partial charge in [0, 0.05) is 16.8 Å². The standard InChI is InChI=1S/C12H8ClN3/c13-9-5-3-8(4-6-9)11-15-10-2-1-7-14-12(10)16-11/h1-7H,(H,14,15,16). The normalized spacial score (nSPS) is 10.8. The summed E-state index contributed by atoms with van der Waals surface area (Å²) in [5, 5.41) is 0.720. The van der Waals surface area contributed by atoms with Gasteiger partial charge in [-0.2, -0.15) is 0 Å². The van der Waals surface area contributed by atoms with Crippen molar-refractivity contribution in [2.45, 2.75) is 0 Å². The molecule has 1 N–H and O–H groups in total. The van der Waals surface area contributed by atoms with Gasteiger partial charge >= 0.3 is 0 Å². The highest BCUT2D eigenvalue weighted by Gasteiger charge is 2.04. The SMILES string of the molecule is Clc1ccc(-c2nc3ncccc3[nH]2)cc1. The Morgan fingerprint density at radius 2 is 1.88 bits per heavy atom. The monoisotopic (exact) mass is 229 g/mol. The van der Waals surface area contributed by atoms with E-state index in [2.05, 4.69) is 15.0 Å². The van der Waals surface area contributed by atoms with Crippen LogP contribution in [0, 0.1) is 0 Å². The maximum atomic E-state index is 5.83. The van der Waals surface area contributed by atoms with E-state index in [1.165, 1.54) is 0 Å². The second-order valence-electron chi connectivity index (χ2n) is 3.47. The molecular weight excluding hydrogens is 222 g/mol. The maximum Gasteiger partial charge on any atom is 0.178 e. The number of fused-ring (bicyclic) bond motifs is 1. The first-order valence-electron chi connectivity index (χ1n) is 4.89. The minimum absolute atomic E-state index is 0.720. The third-order valence-corrected chi connectivity index (χ3v) is 2.63. The third kappa shape index (κ3) is 1.55.